The highest BCUT2D eigenvalue weighted by molar-refractivity contribution is 6.03. The molecular formula is C19H22N6O3. The number of carbonyl (C=O) groups excluding carboxylic acids is 3. The molecule has 0 unspecified atom stereocenters. The normalized spacial score (nSPS) is 13.8. The molecule has 0 saturated carbocycles. The Morgan fingerprint density at radius 1 is 0.964 bits per heavy atom. The molecule has 0 radical (unpaired) electrons. The Labute approximate surface area is 162 Å². The second-order valence-electron chi connectivity index (χ2n) is 6.45. The summed E-state index contributed by atoms with van der Waals surface area (Å²) in [6.45, 7) is 5.41. The molecule has 0 aliphatic carbocycles. The van der Waals surface area contributed by atoms with E-state index in [1.807, 2.05) is 4.90 Å². The fourth-order valence-corrected chi connectivity index (χ4v) is 2.92. The summed E-state index contributed by atoms with van der Waals surface area (Å²) >= 11 is 0. The number of rotatable bonds is 4. The molecule has 3 amide bonds. The molecule has 2 aromatic rings. The number of anilines is 3. The summed E-state index contributed by atoms with van der Waals surface area (Å²) in [5.74, 6) is -0.0437. The van der Waals surface area contributed by atoms with Gasteiger partial charge in [0, 0.05) is 57.6 Å². The van der Waals surface area contributed by atoms with Gasteiger partial charge in [-0.3, -0.25) is 14.4 Å². The molecule has 1 fully saturated rings. The highest BCUT2D eigenvalue weighted by Gasteiger charge is 2.21. The molecule has 28 heavy (non-hydrogen) atoms. The number of carbonyl (C=O) groups is 3. The Morgan fingerprint density at radius 2 is 1.64 bits per heavy atom. The first kappa shape index (κ1) is 19.3. The SMILES string of the molecule is CC(=O)Nc1cccc(NC(=O)c2ccnc(N3CCN(C(C)=O)CC3)n2)c1. The maximum absolute atomic E-state index is 12.6. The zero-order valence-corrected chi connectivity index (χ0v) is 15.8. The lowest BCUT2D eigenvalue weighted by atomic mass is 10.2. The second-order valence-corrected chi connectivity index (χ2v) is 6.45. The van der Waals surface area contributed by atoms with Crippen LogP contribution < -0.4 is 15.5 Å². The first-order valence-electron chi connectivity index (χ1n) is 8.95. The number of nitrogens with zero attached hydrogens (tertiary/aromatic N) is 4. The van der Waals surface area contributed by atoms with Crippen molar-refractivity contribution in [3.63, 3.8) is 0 Å². The van der Waals surface area contributed by atoms with Crippen LogP contribution in [0.5, 0.6) is 0 Å². The van der Waals surface area contributed by atoms with Crippen LogP contribution in [0, 0.1) is 0 Å². The Balaban J connectivity index is 1.68. The maximum atomic E-state index is 12.6. The van der Waals surface area contributed by atoms with Crippen LogP contribution in [0.1, 0.15) is 24.3 Å². The molecule has 1 aliphatic heterocycles. The van der Waals surface area contributed by atoms with E-state index in [0.29, 0.717) is 43.5 Å². The average molecular weight is 382 g/mol. The van der Waals surface area contributed by atoms with E-state index in [2.05, 4.69) is 20.6 Å². The van der Waals surface area contributed by atoms with Crippen LogP contribution >= 0.6 is 0 Å². The third-order valence-corrected chi connectivity index (χ3v) is 4.32. The van der Waals surface area contributed by atoms with Crippen molar-refractivity contribution in [3.05, 3.63) is 42.2 Å². The molecule has 146 valence electrons. The highest BCUT2D eigenvalue weighted by Crippen LogP contribution is 2.17. The topological polar surface area (TPSA) is 108 Å². The smallest absolute Gasteiger partial charge is 0.274 e. The van der Waals surface area contributed by atoms with Gasteiger partial charge in [0.05, 0.1) is 0 Å². The van der Waals surface area contributed by atoms with Crippen molar-refractivity contribution in [1.29, 1.82) is 0 Å². The molecule has 9 heteroatoms. The minimum Gasteiger partial charge on any atom is -0.339 e. The van der Waals surface area contributed by atoms with E-state index in [-0.39, 0.29) is 23.4 Å². The van der Waals surface area contributed by atoms with Crippen LogP contribution in [-0.4, -0.2) is 58.8 Å². The van der Waals surface area contributed by atoms with Gasteiger partial charge in [-0.1, -0.05) is 6.07 Å². The molecule has 0 spiro atoms. The van der Waals surface area contributed by atoms with Crippen molar-refractivity contribution in [2.75, 3.05) is 41.7 Å². The molecule has 0 atom stereocenters. The minimum absolute atomic E-state index is 0.0511. The second kappa shape index (κ2) is 8.47. The summed E-state index contributed by atoms with van der Waals surface area (Å²) in [6, 6.07) is 8.42. The molecule has 1 aromatic carbocycles. The summed E-state index contributed by atoms with van der Waals surface area (Å²) in [5.41, 5.74) is 1.38. The van der Waals surface area contributed by atoms with Crippen LogP contribution in [-0.2, 0) is 9.59 Å². The van der Waals surface area contributed by atoms with Crippen molar-refractivity contribution < 1.29 is 14.4 Å². The van der Waals surface area contributed by atoms with Gasteiger partial charge in [-0.25, -0.2) is 9.97 Å². The zero-order chi connectivity index (χ0) is 20.1. The number of benzene rings is 1. The molecule has 1 saturated heterocycles. The van der Waals surface area contributed by atoms with E-state index in [1.54, 1.807) is 48.4 Å². The van der Waals surface area contributed by atoms with Gasteiger partial charge < -0.3 is 20.4 Å². The largest absolute Gasteiger partial charge is 0.339 e. The lowest BCUT2D eigenvalue weighted by Gasteiger charge is -2.34. The molecule has 2 N–H and O–H groups in total. The first-order valence-corrected chi connectivity index (χ1v) is 8.95. The van der Waals surface area contributed by atoms with E-state index in [4.69, 9.17) is 0 Å². The van der Waals surface area contributed by atoms with Gasteiger partial charge in [-0.15, -0.1) is 0 Å². The summed E-state index contributed by atoms with van der Waals surface area (Å²) in [6.07, 6.45) is 1.54. The van der Waals surface area contributed by atoms with Gasteiger partial charge in [0.2, 0.25) is 17.8 Å². The van der Waals surface area contributed by atoms with E-state index in [9.17, 15) is 14.4 Å². The molecule has 1 aromatic heterocycles. The molecule has 3 rings (SSSR count). The number of hydrogen-bond acceptors (Lipinski definition) is 6. The third kappa shape index (κ3) is 4.81. The lowest BCUT2D eigenvalue weighted by Crippen LogP contribution is -2.48. The third-order valence-electron chi connectivity index (χ3n) is 4.32. The fraction of sp³-hybridized carbons (Fsp3) is 0.316. The molecule has 2 heterocycles. The Morgan fingerprint density at radius 3 is 2.29 bits per heavy atom. The molecular weight excluding hydrogens is 360 g/mol. The number of aromatic nitrogens is 2. The van der Waals surface area contributed by atoms with Gasteiger partial charge in [0.1, 0.15) is 5.69 Å². The van der Waals surface area contributed by atoms with Gasteiger partial charge in [0.15, 0.2) is 0 Å². The lowest BCUT2D eigenvalue weighted by molar-refractivity contribution is -0.129. The van der Waals surface area contributed by atoms with Gasteiger partial charge in [-0.05, 0) is 24.3 Å². The van der Waals surface area contributed by atoms with Crippen LogP contribution in [0.15, 0.2) is 36.5 Å². The molecule has 9 nitrogen and oxygen atoms in total. The number of nitrogens with one attached hydrogen (secondary N) is 2. The van der Waals surface area contributed by atoms with Crippen molar-refractivity contribution >= 4 is 35.0 Å². The Hall–Kier alpha value is -3.49. The van der Waals surface area contributed by atoms with Crippen molar-refractivity contribution in [3.8, 4) is 0 Å². The quantitative estimate of drug-likeness (QED) is 0.827. The predicted octanol–water partition coefficient (Wildman–Crippen LogP) is 1.36. The average Bonchev–Trinajstić information content (AvgIpc) is 2.68. The standard InChI is InChI=1S/C19H22N6O3/c1-13(26)21-15-4-3-5-16(12-15)22-18(28)17-6-7-20-19(23-17)25-10-8-24(9-11-25)14(2)27/h3-7,12H,8-11H2,1-2H3,(H,21,26)(H,22,28). The Bertz CT molecular complexity index is 893. The monoisotopic (exact) mass is 382 g/mol. The highest BCUT2D eigenvalue weighted by atomic mass is 16.2. The van der Waals surface area contributed by atoms with E-state index in [1.165, 1.54) is 6.92 Å². The van der Waals surface area contributed by atoms with Gasteiger partial charge in [-0.2, -0.15) is 0 Å². The number of amides is 3. The van der Waals surface area contributed by atoms with Crippen LogP contribution in [0.3, 0.4) is 0 Å². The Kier molecular flexibility index (Phi) is 5.83. The van der Waals surface area contributed by atoms with Crippen molar-refractivity contribution in [2.24, 2.45) is 0 Å². The molecule has 0 bridgehead atoms. The van der Waals surface area contributed by atoms with E-state index >= 15 is 0 Å². The summed E-state index contributed by atoms with van der Waals surface area (Å²) < 4.78 is 0. The van der Waals surface area contributed by atoms with E-state index in [0.717, 1.165) is 0 Å². The van der Waals surface area contributed by atoms with Crippen LogP contribution in [0.2, 0.25) is 0 Å². The first-order chi connectivity index (χ1) is 13.4. The minimum atomic E-state index is -0.369. The summed E-state index contributed by atoms with van der Waals surface area (Å²) in [5, 5.41) is 5.44. The molecule has 1 aliphatic rings. The van der Waals surface area contributed by atoms with Crippen LogP contribution in [0.25, 0.3) is 0 Å². The predicted molar refractivity (Wildman–Crippen MR) is 105 cm³/mol. The van der Waals surface area contributed by atoms with Crippen LogP contribution in [0.4, 0.5) is 17.3 Å². The van der Waals surface area contributed by atoms with Gasteiger partial charge in [0.25, 0.3) is 5.91 Å². The summed E-state index contributed by atoms with van der Waals surface area (Å²) in [4.78, 5) is 47.5. The zero-order valence-electron chi connectivity index (χ0n) is 15.8. The number of hydrogen-bond donors (Lipinski definition) is 2. The maximum Gasteiger partial charge on any atom is 0.274 e. The van der Waals surface area contributed by atoms with Crippen molar-refractivity contribution in [2.45, 2.75) is 13.8 Å². The fourth-order valence-electron chi connectivity index (χ4n) is 2.92. The van der Waals surface area contributed by atoms with Crippen molar-refractivity contribution in [1.82, 2.24) is 14.9 Å². The van der Waals surface area contributed by atoms with Gasteiger partial charge >= 0.3 is 0 Å². The van der Waals surface area contributed by atoms with E-state index < -0.39 is 0 Å². The summed E-state index contributed by atoms with van der Waals surface area (Å²) in [7, 11) is 0. The number of piperazine rings is 1.